The highest BCUT2D eigenvalue weighted by atomic mass is 35.5. The standard InChI is InChI=1S/C20H17Cl2F3N4O2S/c21-13-3-1-11(7-14(13)22)19(20(23,24)25)5-6-29(10-19)12-2-4-15(26-8-12)18(32)27-16-9-31-28-17(16)30/h1-4,7-8,16H,5-6,9-10H2,(H,27,32)(H,28,30). The number of hydrogen-bond acceptors (Lipinski definition) is 5. The summed E-state index contributed by atoms with van der Waals surface area (Å²) >= 11 is 17.2. The summed E-state index contributed by atoms with van der Waals surface area (Å²) in [5.74, 6) is -0.341. The van der Waals surface area contributed by atoms with Crippen LogP contribution in [0, 0.1) is 0 Å². The van der Waals surface area contributed by atoms with Crippen molar-refractivity contribution < 1.29 is 22.8 Å². The number of anilines is 1. The number of nitrogens with zero attached hydrogens (tertiary/aromatic N) is 2. The van der Waals surface area contributed by atoms with Crippen LogP contribution in [-0.4, -0.2) is 47.8 Å². The average Bonchev–Trinajstić information content (AvgIpc) is 3.38. The molecule has 12 heteroatoms. The van der Waals surface area contributed by atoms with Crippen LogP contribution in [0.2, 0.25) is 10.0 Å². The van der Waals surface area contributed by atoms with Crippen molar-refractivity contribution in [2.75, 3.05) is 24.6 Å². The highest BCUT2D eigenvalue weighted by Crippen LogP contribution is 2.49. The van der Waals surface area contributed by atoms with Crippen LogP contribution in [0.25, 0.3) is 0 Å². The number of carbonyl (C=O) groups excluding carboxylic acids is 1. The van der Waals surface area contributed by atoms with Crippen molar-refractivity contribution in [1.82, 2.24) is 15.8 Å². The molecule has 4 rings (SSSR count). The minimum atomic E-state index is -4.48. The molecule has 0 saturated carbocycles. The summed E-state index contributed by atoms with van der Waals surface area (Å²) < 4.78 is 42.7. The molecular weight excluding hydrogens is 488 g/mol. The second kappa shape index (κ2) is 8.66. The first-order valence-corrected chi connectivity index (χ1v) is 10.7. The molecule has 2 unspecified atom stereocenters. The highest BCUT2D eigenvalue weighted by molar-refractivity contribution is 7.80. The van der Waals surface area contributed by atoms with Gasteiger partial charge < -0.3 is 10.2 Å². The summed E-state index contributed by atoms with van der Waals surface area (Å²) in [5.41, 5.74) is 1.15. The Balaban J connectivity index is 1.53. The molecule has 2 atom stereocenters. The van der Waals surface area contributed by atoms with Crippen molar-refractivity contribution in [2.24, 2.45) is 0 Å². The fourth-order valence-corrected chi connectivity index (χ4v) is 4.41. The zero-order valence-corrected chi connectivity index (χ0v) is 18.7. The number of carbonyl (C=O) groups is 1. The molecule has 2 fully saturated rings. The monoisotopic (exact) mass is 504 g/mol. The van der Waals surface area contributed by atoms with E-state index in [1.165, 1.54) is 24.4 Å². The topological polar surface area (TPSA) is 66.5 Å². The molecule has 170 valence electrons. The Labute approximate surface area is 197 Å². The zero-order valence-electron chi connectivity index (χ0n) is 16.4. The number of alkyl halides is 3. The number of hydroxylamine groups is 1. The van der Waals surface area contributed by atoms with Gasteiger partial charge in [-0.05, 0) is 36.2 Å². The molecular formula is C20H17Cl2F3N4O2S. The van der Waals surface area contributed by atoms with E-state index in [0.29, 0.717) is 11.4 Å². The molecule has 2 saturated heterocycles. The van der Waals surface area contributed by atoms with E-state index in [0.717, 1.165) is 0 Å². The second-order valence-corrected chi connectivity index (χ2v) is 8.81. The van der Waals surface area contributed by atoms with Gasteiger partial charge in [-0.25, -0.2) is 5.48 Å². The SMILES string of the molecule is O=C1NOCC1NC(=S)c1ccc(N2CCC(c3ccc(Cl)c(Cl)c3)(C(F)(F)F)C2)cn1. The Morgan fingerprint density at radius 3 is 2.66 bits per heavy atom. The minimum Gasteiger partial charge on any atom is -0.369 e. The van der Waals surface area contributed by atoms with Gasteiger partial charge >= 0.3 is 6.18 Å². The molecule has 2 aliphatic rings. The van der Waals surface area contributed by atoms with Crippen LogP contribution in [0.15, 0.2) is 36.5 Å². The fourth-order valence-electron chi connectivity index (χ4n) is 3.84. The van der Waals surface area contributed by atoms with Crippen LogP contribution >= 0.6 is 35.4 Å². The van der Waals surface area contributed by atoms with Crippen LogP contribution in [0.5, 0.6) is 0 Å². The van der Waals surface area contributed by atoms with Crippen molar-refractivity contribution in [1.29, 1.82) is 0 Å². The van der Waals surface area contributed by atoms with Gasteiger partial charge in [-0.1, -0.05) is 41.5 Å². The van der Waals surface area contributed by atoms with Gasteiger partial charge in [0.05, 0.1) is 27.6 Å². The molecule has 6 nitrogen and oxygen atoms in total. The van der Waals surface area contributed by atoms with Gasteiger partial charge in [0.25, 0.3) is 5.91 Å². The third kappa shape index (κ3) is 4.24. The van der Waals surface area contributed by atoms with Crippen LogP contribution in [0.3, 0.4) is 0 Å². The predicted octanol–water partition coefficient (Wildman–Crippen LogP) is 3.79. The molecule has 2 aromatic rings. The quantitative estimate of drug-likeness (QED) is 0.617. The van der Waals surface area contributed by atoms with E-state index in [9.17, 15) is 18.0 Å². The van der Waals surface area contributed by atoms with Crippen LogP contribution in [-0.2, 0) is 15.0 Å². The van der Waals surface area contributed by atoms with E-state index < -0.39 is 17.6 Å². The molecule has 2 N–H and O–H groups in total. The first-order chi connectivity index (χ1) is 15.1. The molecule has 3 heterocycles. The Morgan fingerprint density at radius 1 is 1.28 bits per heavy atom. The minimum absolute atomic E-state index is 0.0777. The number of pyridine rings is 1. The van der Waals surface area contributed by atoms with Gasteiger partial charge in [0.1, 0.15) is 23.1 Å². The van der Waals surface area contributed by atoms with Crippen LogP contribution in [0.4, 0.5) is 18.9 Å². The van der Waals surface area contributed by atoms with E-state index in [-0.39, 0.29) is 52.6 Å². The first-order valence-electron chi connectivity index (χ1n) is 9.56. The van der Waals surface area contributed by atoms with Crippen molar-refractivity contribution in [3.8, 4) is 0 Å². The van der Waals surface area contributed by atoms with Gasteiger partial charge in [0.15, 0.2) is 0 Å². The number of nitrogens with one attached hydrogen (secondary N) is 2. The van der Waals surface area contributed by atoms with E-state index in [4.69, 9.17) is 40.3 Å². The van der Waals surface area contributed by atoms with Crippen LogP contribution in [0.1, 0.15) is 17.7 Å². The molecule has 0 aliphatic carbocycles. The largest absolute Gasteiger partial charge is 0.400 e. The van der Waals surface area contributed by atoms with Crippen molar-refractivity contribution >= 4 is 52.0 Å². The van der Waals surface area contributed by atoms with E-state index in [2.05, 4.69) is 15.8 Å². The van der Waals surface area contributed by atoms with Crippen LogP contribution < -0.4 is 15.7 Å². The number of thiocarbonyl (C=S) groups is 1. The fraction of sp³-hybridized carbons (Fsp3) is 0.350. The predicted molar refractivity (Wildman–Crippen MR) is 118 cm³/mol. The Bertz CT molecular complexity index is 1050. The molecule has 2 aliphatic heterocycles. The third-order valence-corrected chi connectivity index (χ3v) is 6.74. The van der Waals surface area contributed by atoms with Gasteiger partial charge in [0, 0.05) is 13.1 Å². The molecule has 32 heavy (non-hydrogen) atoms. The summed E-state index contributed by atoms with van der Waals surface area (Å²) in [6, 6.07) is 6.68. The van der Waals surface area contributed by atoms with Gasteiger partial charge in [-0.2, -0.15) is 13.2 Å². The number of rotatable bonds is 4. The van der Waals surface area contributed by atoms with Crippen molar-refractivity contribution in [3.63, 3.8) is 0 Å². The second-order valence-electron chi connectivity index (χ2n) is 7.59. The van der Waals surface area contributed by atoms with Gasteiger partial charge in [-0.3, -0.25) is 14.6 Å². The normalized spacial score (nSPS) is 23.3. The summed E-state index contributed by atoms with van der Waals surface area (Å²) in [4.78, 5) is 22.5. The van der Waals surface area contributed by atoms with Gasteiger partial charge in [-0.15, -0.1) is 0 Å². The Kier molecular flexibility index (Phi) is 6.23. The summed E-state index contributed by atoms with van der Waals surface area (Å²) in [7, 11) is 0. The molecule has 1 amide bonds. The highest BCUT2D eigenvalue weighted by Gasteiger charge is 2.59. The summed E-state index contributed by atoms with van der Waals surface area (Å²) in [6.45, 7) is 0.0277. The Morgan fingerprint density at radius 2 is 2.06 bits per heavy atom. The molecule has 1 aromatic heterocycles. The number of benzene rings is 1. The van der Waals surface area contributed by atoms with Gasteiger partial charge in [0.2, 0.25) is 0 Å². The lowest BCUT2D eigenvalue weighted by atomic mass is 9.79. The number of halogens is 5. The summed E-state index contributed by atoms with van der Waals surface area (Å²) in [5, 5.41) is 3.13. The third-order valence-electron chi connectivity index (χ3n) is 5.67. The lowest BCUT2D eigenvalue weighted by Gasteiger charge is -2.33. The first kappa shape index (κ1) is 23.0. The van der Waals surface area contributed by atoms with Crippen molar-refractivity contribution in [2.45, 2.75) is 24.1 Å². The Hall–Kier alpha value is -2.14. The van der Waals surface area contributed by atoms with E-state index in [1.54, 1.807) is 17.0 Å². The van der Waals surface area contributed by atoms with E-state index >= 15 is 0 Å². The van der Waals surface area contributed by atoms with Crippen molar-refractivity contribution in [3.05, 3.63) is 57.8 Å². The number of aromatic nitrogens is 1. The lowest BCUT2D eigenvalue weighted by Crippen LogP contribution is -2.44. The summed E-state index contributed by atoms with van der Waals surface area (Å²) in [6.07, 6.45) is -3.15. The smallest absolute Gasteiger partial charge is 0.369 e. The lowest BCUT2D eigenvalue weighted by molar-refractivity contribution is -0.184. The number of hydrogen-bond donors (Lipinski definition) is 2. The number of amides is 1. The maximum Gasteiger partial charge on any atom is 0.400 e. The molecule has 0 radical (unpaired) electrons. The molecule has 0 bridgehead atoms. The molecule has 0 spiro atoms. The average molecular weight is 505 g/mol. The maximum atomic E-state index is 14.2. The zero-order chi connectivity index (χ0) is 23.1. The maximum absolute atomic E-state index is 14.2. The van der Waals surface area contributed by atoms with E-state index in [1.807, 2.05) is 0 Å². The molecule has 1 aromatic carbocycles.